The van der Waals surface area contributed by atoms with E-state index in [1.54, 1.807) is 0 Å². The van der Waals surface area contributed by atoms with Crippen molar-refractivity contribution in [3.63, 3.8) is 0 Å². The predicted molar refractivity (Wildman–Crippen MR) is 43.0 cm³/mol. The van der Waals surface area contributed by atoms with Gasteiger partial charge in [-0.05, 0) is 17.2 Å². The minimum absolute atomic E-state index is 1.25. The summed E-state index contributed by atoms with van der Waals surface area (Å²) in [6.45, 7) is 0. The zero-order valence-electron chi connectivity index (χ0n) is 4.76. The largest absolute Gasteiger partial charge is 0.124 e. The SMILES string of the molecule is Brc1cc2ccc1-2.C#C. The fraction of sp³-hybridized carbons (Fsp3) is 0. The minimum atomic E-state index is 1.25. The van der Waals surface area contributed by atoms with E-state index in [-0.39, 0.29) is 0 Å². The van der Waals surface area contributed by atoms with Gasteiger partial charge in [-0.3, -0.25) is 0 Å². The molecular formula is C8H5Br. The van der Waals surface area contributed by atoms with E-state index in [4.69, 9.17) is 0 Å². The molecule has 0 aromatic heterocycles. The molecule has 0 bridgehead atoms. The molecular weight excluding hydrogens is 176 g/mol. The van der Waals surface area contributed by atoms with Crippen molar-refractivity contribution in [3.05, 3.63) is 22.7 Å². The Labute approximate surface area is 63.0 Å². The van der Waals surface area contributed by atoms with Gasteiger partial charge in [0, 0.05) is 4.47 Å². The smallest absolute Gasteiger partial charge is 0.0259 e. The number of rotatable bonds is 0. The molecule has 44 valence electrons. The summed E-state index contributed by atoms with van der Waals surface area (Å²) in [5, 5.41) is 0. The normalized spacial score (nSPS) is 9.22. The van der Waals surface area contributed by atoms with Gasteiger partial charge in [-0.15, -0.1) is 12.8 Å². The molecule has 9 heavy (non-hydrogen) atoms. The van der Waals surface area contributed by atoms with Crippen LogP contribution in [0.3, 0.4) is 0 Å². The maximum atomic E-state index is 4.00. The minimum Gasteiger partial charge on any atom is -0.124 e. The van der Waals surface area contributed by atoms with Gasteiger partial charge in [0.25, 0.3) is 0 Å². The zero-order chi connectivity index (χ0) is 6.85. The topological polar surface area (TPSA) is 0 Å². The summed E-state index contributed by atoms with van der Waals surface area (Å²) in [7, 11) is 0. The molecule has 2 aliphatic rings. The number of hydrogen-bond donors (Lipinski definition) is 0. The average Bonchev–Trinajstić information content (AvgIpc) is 1.87. The van der Waals surface area contributed by atoms with Crippen molar-refractivity contribution in [1.82, 2.24) is 0 Å². The van der Waals surface area contributed by atoms with Gasteiger partial charge in [0.2, 0.25) is 0 Å². The maximum absolute atomic E-state index is 4.00. The summed E-state index contributed by atoms with van der Waals surface area (Å²) in [6, 6.07) is 6.34. The fourth-order valence-electron chi connectivity index (χ4n) is 0.743. The molecule has 0 saturated carbocycles. The van der Waals surface area contributed by atoms with Crippen LogP contribution in [0.1, 0.15) is 0 Å². The van der Waals surface area contributed by atoms with E-state index in [9.17, 15) is 0 Å². The molecule has 0 atom stereocenters. The molecule has 0 nitrogen and oxygen atoms in total. The predicted octanol–water partition coefficient (Wildman–Crippen LogP) is 2.68. The van der Waals surface area contributed by atoms with Gasteiger partial charge in [-0.25, -0.2) is 0 Å². The summed E-state index contributed by atoms with van der Waals surface area (Å²) in [4.78, 5) is 0. The van der Waals surface area contributed by atoms with Crippen molar-refractivity contribution in [2.45, 2.75) is 0 Å². The van der Waals surface area contributed by atoms with Gasteiger partial charge >= 0.3 is 0 Å². The summed E-state index contributed by atoms with van der Waals surface area (Å²) >= 11 is 3.37. The van der Waals surface area contributed by atoms with Gasteiger partial charge in [0.1, 0.15) is 0 Å². The van der Waals surface area contributed by atoms with Gasteiger partial charge in [-0.2, -0.15) is 0 Å². The number of halogens is 1. The average molecular weight is 181 g/mol. The molecule has 0 spiro atoms. The Morgan fingerprint density at radius 2 is 1.89 bits per heavy atom. The lowest BCUT2D eigenvalue weighted by Gasteiger charge is -2.15. The van der Waals surface area contributed by atoms with Crippen molar-refractivity contribution in [2.24, 2.45) is 0 Å². The van der Waals surface area contributed by atoms with Crippen LogP contribution in [0.15, 0.2) is 22.7 Å². The molecule has 0 aliphatic heterocycles. The quantitative estimate of drug-likeness (QED) is 0.548. The van der Waals surface area contributed by atoms with Crippen LogP contribution in [-0.2, 0) is 0 Å². The first-order chi connectivity index (χ1) is 4.38. The molecule has 0 heterocycles. The van der Waals surface area contributed by atoms with Crippen molar-refractivity contribution in [1.29, 1.82) is 0 Å². The van der Waals surface area contributed by atoms with Crippen LogP contribution in [0.25, 0.3) is 11.1 Å². The molecule has 1 heteroatoms. The molecule has 0 fully saturated rings. The van der Waals surface area contributed by atoms with Gasteiger partial charge in [-0.1, -0.05) is 28.1 Å². The Hall–Kier alpha value is -0.740. The fourth-order valence-corrected chi connectivity index (χ4v) is 1.35. The molecule has 0 unspecified atom stereocenters. The lowest BCUT2D eigenvalue weighted by Crippen LogP contribution is -1.89. The Morgan fingerprint density at radius 3 is 1.89 bits per heavy atom. The monoisotopic (exact) mass is 180 g/mol. The summed E-state index contributed by atoms with van der Waals surface area (Å²) in [6.07, 6.45) is 8.00. The Kier molecular flexibility index (Phi) is 1.59. The highest BCUT2D eigenvalue weighted by Crippen LogP contribution is 2.39. The second-order valence-electron chi connectivity index (χ2n) is 1.69. The molecule has 2 aliphatic carbocycles. The van der Waals surface area contributed by atoms with Gasteiger partial charge in [0.05, 0.1) is 0 Å². The third-order valence-electron chi connectivity index (χ3n) is 1.28. The van der Waals surface area contributed by atoms with Crippen LogP contribution in [0.5, 0.6) is 0 Å². The lowest BCUT2D eigenvalue weighted by molar-refractivity contribution is 1.50. The summed E-state index contributed by atoms with van der Waals surface area (Å²) in [5.41, 5.74) is 2.78. The van der Waals surface area contributed by atoms with Crippen molar-refractivity contribution in [3.8, 4) is 24.0 Å². The van der Waals surface area contributed by atoms with Crippen LogP contribution in [0.4, 0.5) is 0 Å². The Bertz CT molecular complexity index is 248. The third kappa shape index (κ3) is 0.760. The molecule has 0 aromatic rings. The first-order valence-electron chi connectivity index (χ1n) is 2.51. The van der Waals surface area contributed by atoms with E-state index in [2.05, 4.69) is 47.0 Å². The van der Waals surface area contributed by atoms with E-state index in [1.807, 2.05) is 0 Å². The van der Waals surface area contributed by atoms with Gasteiger partial charge < -0.3 is 0 Å². The van der Waals surface area contributed by atoms with Crippen molar-refractivity contribution in [2.75, 3.05) is 0 Å². The molecule has 0 radical (unpaired) electrons. The zero-order valence-corrected chi connectivity index (χ0v) is 6.35. The maximum Gasteiger partial charge on any atom is 0.0259 e. The second kappa shape index (κ2) is 2.24. The Balaban J connectivity index is 0.000000186. The first-order valence-corrected chi connectivity index (χ1v) is 3.30. The van der Waals surface area contributed by atoms with Crippen molar-refractivity contribution >= 4 is 15.9 Å². The highest BCUT2D eigenvalue weighted by Gasteiger charge is 2.12. The molecule has 0 aromatic carbocycles. The van der Waals surface area contributed by atoms with E-state index in [1.165, 1.54) is 15.6 Å². The van der Waals surface area contributed by atoms with Crippen LogP contribution < -0.4 is 0 Å². The second-order valence-corrected chi connectivity index (χ2v) is 2.55. The van der Waals surface area contributed by atoms with Crippen LogP contribution in [-0.4, -0.2) is 0 Å². The third-order valence-corrected chi connectivity index (χ3v) is 1.94. The van der Waals surface area contributed by atoms with Crippen LogP contribution in [0, 0.1) is 12.8 Å². The van der Waals surface area contributed by atoms with E-state index in [0.717, 1.165) is 0 Å². The highest BCUT2D eigenvalue weighted by atomic mass is 79.9. The number of benzene rings is 1. The molecule has 0 N–H and O–H groups in total. The molecule has 2 rings (SSSR count). The van der Waals surface area contributed by atoms with Crippen LogP contribution in [0.2, 0.25) is 0 Å². The van der Waals surface area contributed by atoms with E-state index < -0.39 is 0 Å². The summed E-state index contributed by atoms with van der Waals surface area (Å²) in [5.74, 6) is 0. The number of fused-ring (bicyclic) bond motifs is 1. The molecule has 0 amide bonds. The summed E-state index contributed by atoms with van der Waals surface area (Å²) < 4.78 is 1.25. The standard InChI is InChI=1S/C6H3Br.C2H2/c7-6-3-4-1-2-5(4)6;1-2/h1-3H;1-2H. The van der Waals surface area contributed by atoms with Gasteiger partial charge in [0.15, 0.2) is 0 Å². The van der Waals surface area contributed by atoms with Crippen LogP contribution >= 0.6 is 15.9 Å². The van der Waals surface area contributed by atoms with E-state index in [0.29, 0.717) is 0 Å². The highest BCUT2D eigenvalue weighted by molar-refractivity contribution is 9.10. The molecule has 0 saturated heterocycles. The van der Waals surface area contributed by atoms with Crippen molar-refractivity contribution < 1.29 is 0 Å². The number of terminal acetylenes is 1. The Morgan fingerprint density at radius 1 is 1.22 bits per heavy atom. The number of hydrogen-bond acceptors (Lipinski definition) is 0. The first kappa shape index (κ1) is 6.38. The van der Waals surface area contributed by atoms with E-state index >= 15 is 0 Å². The lowest BCUT2D eigenvalue weighted by atomic mass is 9.94.